The summed E-state index contributed by atoms with van der Waals surface area (Å²) in [6.07, 6.45) is -4.36. The van der Waals surface area contributed by atoms with Gasteiger partial charge in [0.1, 0.15) is 24.0 Å². The first-order valence-electron chi connectivity index (χ1n) is 7.42. The number of hydrogen-bond donors (Lipinski definition) is 1. The monoisotopic (exact) mass is 357 g/mol. The van der Waals surface area contributed by atoms with E-state index < -0.39 is 36.2 Å². The molecule has 0 aromatic carbocycles. The lowest BCUT2D eigenvalue weighted by Gasteiger charge is -2.20. The molecule has 2 rings (SSSR count). The summed E-state index contributed by atoms with van der Waals surface area (Å²) in [5.74, 6) is -0.551. The smallest absolute Gasteiger partial charge is 0.420 e. The van der Waals surface area contributed by atoms with Gasteiger partial charge in [-0.3, -0.25) is 4.98 Å². The molecule has 1 N–H and O–H groups in total. The van der Waals surface area contributed by atoms with Crippen LogP contribution >= 0.6 is 0 Å². The van der Waals surface area contributed by atoms with Gasteiger partial charge in [-0.05, 0) is 38.5 Å². The van der Waals surface area contributed by atoms with Crippen LogP contribution in [0.1, 0.15) is 44.0 Å². The molecule has 0 radical (unpaired) electrons. The summed E-state index contributed by atoms with van der Waals surface area (Å²) in [6.45, 7) is 4.79. The van der Waals surface area contributed by atoms with Gasteiger partial charge in [0.25, 0.3) is 0 Å². The van der Waals surface area contributed by atoms with E-state index in [4.69, 9.17) is 4.74 Å². The molecule has 0 fully saturated rings. The fourth-order valence-electron chi connectivity index (χ4n) is 2.06. The third-order valence-electron chi connectivity index (χ3n) is 3.05. The third kappa shape index (κ3) is 5.28. The highest BCUT2D eigenvalue weighted by atomic mass is 19.4. The van der Waals surface area contributed by atoms with E-state index in [9.17, 15) is 23.1 Å². The van der Waals surface area contributed by atoms with Gasteiger partial charge >= 0.3 is 12.3 Å². The Balaban J connectivity index is 2.40. The number of aromatic nitrogens is 3. The lowest BCUT2D eigenvalue weighted by Crippen LogP contribution is -2.29. The van der Waals surface area contributed by atoms with Gasteiger partial charge in [-0.1, -0.05) is 0 Å². The van der Waals surface area contributed by atoms with Gasteiger partial charge in [0, 0.05) is 18.6 Å². The van der Waals surface area contributed by atoms with Crippen LogP contribution in [0.25, 0.3) is 0 Å². The van der Waals surface area contributed by atoms with Crippen molar-refractivity contribution in [2.24, 2.45) is 0 Å². The second kappa shape index (κ2) is 6.83. The third-order valence-corrected chi connectivity index (χ3v) is 3.05. The van der Waals surface area contributed by atoms with E-state index in [0.717, 1.165) is 6.20 Å². The highest BCUT2D eigenvalue weighted by Gasteiger charge is 2.33. The number of halogens is 3. The predicted molar refractivity (Wildman–Crippen MR) is 81.9 cm³/mol. The molecule has 0 saturated carbocycles. The Morgan fingerprint density at radius 3 is 2.40 bits per heavy atom. The van der Waals surface area contributed by atoms with Gasteiger partial charge in [-0.25, -0.2) is 14.3 Å². The number of imidazole rings is 1. The average molecular weight is 357 g/mol. The number of pyridine rings is 1. The highest BCUT2D eigenvalue weighted by molar-refractivity contribution is 5.71. The van der Waals surface area contributed by atoms with Gasteiger partial charge in [0.05, 0.1) is 5.69 Å². The van der Waals surface area contributed by atoms with E-state index in [1.807, 2.05) is 0 Å². The van der Waals surface area contributed by atoms with Crippen LogP contribution in [0.4, 0.5) is 18.0 Å². The zero-order chi connectivity index (χ0) is 18.8. The first kappa shape index (κ1) is 18.9. The maximum Gasteiger partial charge on any atom is 0.420 e. The minimum absolute atomic E-state index is 0.0868. The van der Waals surface area contributed by atoms with Crippen molar-refractivity contribution in [1.82, 2.24) is 14.5 Å². The van der Waals surface area contributed by atoms with Crippen molar-refractivity contribution in [3.8, 4) is 0 Å². The Hall–Kier alpha value is -2.42. The van der Waals surface area contributed by atoms with Crippen LogP contribution in [-0.4, -0.2) is 37.5 Å². The number of nitrogens with zero attached hydrogens (tertiary/aromatic N) is 3. The highest BCUT2D eigenvalue weighted by Crippen LogP contribution is 2.25. The molecule has 0 aliphatic carbocycles. The van der Waals surface area contributed by atoms with Crippen molar-refractivity contribution in [2.75, 3.05) is 0 Å². The Kier molecular flexibility index (Phi) is 5.17. The standard InChI is InChI=1S/C16H18F3N3O3/c1-15(2,3)25-14(24)22-9-11(21-12(22)8-16(17,18)19)13(23)10-4-6-20-7-5-10/h4-7,9,13,23H,8H2,1-3H3. The summed E-state index contributed by atoms with van der Waals surface area (Å²) in [7, 11) is 0. The maximum atomic E-state index is 12.8. The van der Waals surface area contributed by atoms with Crippen molar-refractivity contribution < 1.29 is 27.8 Å². The van der Waals surface area contributed by atoms with E-state index in [1.54, 1.807) is 20.8 Å². The molecule has 0 aliphatic rings. The van der Waals surface area contributed by atoms with E-state index in [-0.39, 0.29) is 5.69 Å². The van der Waals surface area contributed by atoms with E-state index in [2.05, 4.69) is 9.97 Å². The summed E-state index contributed by atoms with van der Waals surface area (Å²) >= 11 is 0. The fourth-order valence-corrected chi connectivity index (χ4v) is 2.06. The Labute approximate surface area is 142 Å². The van der Waals surface area contributed by atoms with Gasteiger partial charge in [0.15, 0.2) is 0 Å². The molecule has 2 aromatic rings. The molecule has 136 valence electrons. The largest absolute Gasteiger partial charge is 0.443 e. The van der Waals surface area contributed by atoms with Crippen LogP contribution in [0.3, 0.4) is 0 Å². The number of ether oxygens (including phenoxy) is 1. The lowest BCUT2D eigenvalue weighted by molar-refractivity contribution is -0.128. The summed E-state index contributed by atoms with van der Waals surface area (Å²) in [4.78, 5) is 19.8. The van der Waals surface area contributed by atoms with Gasteiger partial charge in [-0.15, -0.1) is 0 Å². The Morgan fingerprint density at radius 1 is 1.28 bits per heavy atom. The number of carbonyl (C=O) groups is 1. The second-order valence-electron chi connectivity index (χ2n) is 6.41. The average Bonchev–Trinajstić information content (AvgIpc) is 2.87. The first-order valence-corrected chi connectivity index (χ1v) is 7.42. The van der Waals surface area contributed by atoms with Crippen LogP contribution in [-0.2, 0) is 11.2 Å². The lowest BCUT2D eigenvalue weighted by atomic mass is 10.1. The molecular weight excluding hydrogens is 339 g/mol. The van der Waals surface area contributed by atoms with E-state index in [1.165, 1.54) is 24.5 Å². The number of rotatable bonds is 3. The van der Waals surface area contributed by atoms with Crippen LogP contribution in [0.2, 0.25) is 0 Å². The molecule has 2 aromatic heterocycles. The molecule has 2 heterocycles. The van der Waals surface area contributed by atoms with Gasteiger partial charge in [0.2, 0.25) is 0 Å². The summed E-state index contributed by atoms with van der Waals surface area (Å²) in [5, 5.41) is 10.3. The Bertz CT molecular complexity index is 737. The maximum absolute atomic E-state index is 12.8. The minimum Gasteiger partial charge on any atom is -0.443 e. The molecule has 0 spiro atoms. The second-order valence-corrected chi connectivity index (χ2v) is 6.41. The molecule has 0 saturated heterocycles. The molecule has 1 unspecified atom stereocenters. The van der Waals surface area contributed by atoms with Gasteiger partial charge < -0.3 is 9.84 Å². The molecule has 1 atom stereocenters. The molecule has 0 amide bonds. The van der Waals surface area contributed by atoms with E-state index in [0.29, 0.717) is 10.1 Å². The van der Waals surface area contributed by atoms with Crippen molar-refractivity contribution >= 4 is 6.09 Å². The number of aliphatic hydroxyl groups excluding tert-OH is 1. The zero-order valence-electron chi connectivity index (χ0n) is 13.9. The first-order chi connectivity index (χ1) is 11.5. The summed E-state index contributed by atoms with van der Waals surface area (Å²) in [5.41, 5.74) is -0.584. The van der Waals surface area contributed by atoms with Crippen molar-refractivity contribution in [3.63, 3.8) is 0 Å². The van der Waals surface area contributed by atoms with Crippen LogP contribution in [0, 0.1) is 0 Å². The molecular formula is C16H18F3N3O3. The topological polar surface area (TPSA) is 77.2 Å². The quantitative estimate of drug-likeness (QED) is 0.912. The number of aliphatic hydroxyl groups is 1. The predicted octanol–water partition coefficient (Wildman–Crippen LogP) is 3.25. The zero-order valence-corrected chi connectivity index (χ0v) is 13.9. The van der Waals surface area contributed by atoms with Crippen molar-refractivity contribution in [1.29, 1.82) is 0 Å². The van der Waals surface area contributed by atoms with Crippen molar-refractivity contribution in [3.05, 3.63) is 47.8 Å². The summed E-state index contributed by atoms with van der Waals surface area (Å²) < 4.78 is 44.1. The molecule has 6 nitrogen and oxygen atoms in total. The van der Waals surface area contributed by atoms with E-state index >= 15 is 0 Å². The molecule has 9 heteroatoms. The summed E-state index contributed by atoms with van der Waals surface area (Å²) in [6, 6.07) is 3.00. The van der Waals surface area contributed by atoms with Crippen LogP contribution < -0.4 is 0 Å². The number of carbonyl (C=O) groups excluding carboxylic acids is 1. The fraction of sp³-hybridized carbons (Fsp3) is 0.438. The molecule has 0 bridgehead atoms. The number of alkyl halides is 3. The van der Waals surface area contributed by atoms with Crippen LogP contribution in [0.15, 0.2) is 30.7 Å². The van der Waals surface area contributed by atoms with Gasteiger partial charge in [-0.2, -0.15) is 13.2 Å². The normalized spacial score (nSPS) is 13.6. The number of hydrogen-bond acceptors (Lipinski definition) is 5. The molecule has 0 aliphatic heterocycles. The molecule has 25 heavy (non-hydrogen) atoms. The Morgan fingerprint density at radius 2 is 1.88 bits per heavy atom. The van der Waals surface area contributed by atoms with Crippen LogP contribution in [0.5, 0.6) is 0 Å². The SMILES string of the molecule is CC(C)(C)OC(=O)n1cc(C(O)c2ccncc2)nc1CC(F)(F)F. The van der Waals surface area contributed by atoms with Crippen molar-refractivity contribution in [2.45, 2.75) is 45.1 Å². The minimum atomic E-state index is -4.57.